The molecule has 5 unspecified atom stereocenters. The number of aliphatic carboxylic acids is 1. The highest BCUT2D eigenvalue weighted by Crippen LogP contribution is 2.12. The lowest BCUT2D eigenvalue weighted by Gasteiger charge is -2.27. The minimum absolute atomic E-state index is 0.00484. The van der Waals surface area contributed by atoms with Gasteiger partial charge in [0, 0.05) is 0 Å². The molecule has 0 radical (unpaired) electrons. The molecule has 7 N–H and O–H groups in total. The van der Waals surface area contributed by atoms with Crippen molar-refractivity contribution >= 4 is 29.6 Å². The molecule has 1 saturated heterocycles. The van der Waals surface area contributed by atoms with E-state index >= 15 is 0 Å². The summed E-state index contributed by atoms with van der Waals surface area (Å²) >= 11 is 0. The fourth-order valence-corrected chi connectivity index (χ4v) is 3.50. The molecule has 0 aliphatic carbocycles. The molecule has 32 heavy (non-hydrogen) atoms. The maximum absolute atomic E-state index is 13.0. The van der Waals surface area contributed by atoms with Crippen molar-refractivity contribution in [2.45, 2.75) is 84.0 Å². The lowest BCUT2D eigenvalue weighted by Crippen LogP contribution is -2.59. The number of nitrogens with one attached hydrogen (secondary N) is 4. The Morgan fingerprint density at radius 1 is 1.03 bits per heavy atom. The molecule has 0 saturated carbocycles. The quantitative estimate of drug-likeness (QED) is 0.211. The molecule has 5 atom stereocenters. The molecule has 182 valence electrons. The Bertz CT molecular complexity index is 692. The smallest absolute Gasteiger partial charge is 0.326 e. The van der Waals surface area contributed by atoms with Crippen molar-refractivity contribution < 1.29 is 29.1 Å². The molecule has 0 aromatic rings. The minimum atomic E-state index is -1.36. The number of carbonyl (C=O) groups is 5. The van der Waals surface area contributed by atoms with Crippen LogP contribution in [0.1, 0.15) is 59.8 Å². The van der Waals surface area contributed by atoms with Crippen LogP contribution < -0.4 is 27.0 Å². The molecular weight excluding hydrogens is 418 g/mol. The fraction of sp³-hybridized carbons (Fsp3) is 0.762. The number of hydrogen-bond acceptors (Lipinski definition) is 6. The lowest BCUT2D eigenvalue weighted by molar-refractivity contribution is -0.143. The SMILES string of the molecule is CCC(C)C(NC(=O)C1CCCN1)C(=O)NC(CC(N)=O)C(=O)NC(CC(C)C)C(=O)O. The molecule has 4 amide bonds. The number of amides is 4. The van der Waals surface area contributed by atoms with E-state index in [-0.39, 0.29) is 30.2 Å². The van der Waals surface area contributed by atoms with Gasteiger partial charge in [-0.1, -0.05) is 34.1 Å². The molecule has 1 rings (SSSR count). The normalized spacial score (nSPS) is 19.5. The van der Waals surface area contributed by atoms with Gasteiger partial charge in [-0.2, -0.15) is 0 Å². The highest BCUT2D eigenvalue weighted by molar-refractivity contribution is 5.96. The second kappa shape index (κ2) is 13.0. The first-order valence-electron chi connectivity index (χ1n) is 11.1. The summed E-state index contributed by atoms with van der Waals surface area (Å²) in [5.41, 5.74) is 5.24. The zero-order valence-electron chi connectivity index (χ0n) is 19.3. The van der Waals surface area contributed by atoms with Gasteiger partial charge in [-0.25, -0.2) is 4.79 Å². The summed E-state index contributed by atoms with van der Waals surface area (Å²) in [6.07, 6.45) is 1.79. The van der Waals surface area contributed by atoms with E-state index in [0.29, 0.717) is 12.8 Å². The first-order valence-corrected chi connectivity index (χ1v) is 11.1. The summed E-state index contributed by atoms with van der Waals surface area (Å²) in [4.78, 5) is 61.2. The number of carbonyl (C=O) groups excluding carboxylic acids is 4. The Balaban J connectivity index is 2.95. The number of nitrogens with two attached hydrogens (primary N) is 1. The zero-order chi connectivity index (χ0) is 24.4. The number of rotatable bonds is 13. The van der Waals surface area contributed by atoms with Crippen LogP contribution in [0.3, 0.4) is 0 Å². The third-order valence-electron chi connectivity index (χ3n) is 5.53. The third-order valence-corrected chi connectivity index (χ3v) is 5.53. The largest absolute Gasteiger partial charge is 0.480 e. The van der Waals surface area contributed by atoms with Crippen LogP contribution in [-0.2, 0) is 24.0 Å². The number of hydrogen-bond donors (Lipinski definition) is 6. The topological polar surface area (TPSA) is 180 Å². The molecule has 0 spiro atoms. The van der Waals surface area contributed by atoms with E-state index in [9.17, 15) is 29.1 Å². The van der Waals surface area contributed by atoms with Gasteiger partial charge >= 0.3 is 5.97 Å². The summed E-state index contributed by atoms with van der Waals surface area (Å²) in [5.74, 6) is -4.06. The predicted molar refractivity (Wildman–Crippen MR) is 117 cm³/mol. The van der Waals surface area contributed by atoms with E-state index in [1.54, 1.807) is 6.92 Å². The van der Waals surface area contributed by atoms with Crippen molar-refractivity contribution in [3.05, 3.63) is 0 Å². The summed E-state index contributed by atoms with van der Waals surface area (Å²) < 4.78 is 0. The highest BCUT2D eigenvalue weighted by atomic mass is 16.4. The van der Waals surface area contributed by atoms with Crippen LogP contribution >= 0.6 is 0 Å². The molecule has 1 fully saturated rings. The minimum Gasteiger partial charge on any atom is -0.480 e. The molecule has 0 aromatic heterocycles. The Morgan fingerprint density at radius 3 is 2.12 bits per heavy atom. The first-order chi connectivity index (χ1) is 15.0. The third kappa shape index (κ3) is 8.81. The van der Waals surface area contributed by atoms with Crippen LogP contribution in [0.5, 0.6) is 0 Å². The Labute approximate surface area is 188 Å². The summed E-state index contributed by atoms with van der Waals surface area (Å²) in [7, 11) is 0. The Morgan fingerprint density at radius 2 is 1.66 bits per heavy atom. The van der Waals surface area contributed by atoms with Crippen molar-refractivity contribution in [2.75, 3.05) is 6.54 Å². The van der Waals surface area contributed by atoms with E-state index in [1.165, 1.54) is 0 Å². The van der Waals surface area contributed by atoms with Gasteiger partial charge in [0.25, 0.3) is 0 Å². The average molecular weight is 456 g/mol. The Kier molecular flexibility index (Phi) is 11.1. The van der Waals surface area contributed by atoms with Gasteiger partial charge in [0.2, 0.25) is 23.6 Å². The van der Waals surface area contributed by atoms with Gasteiger partial charge < -0.3 is 32.1 Å². The van der Waals surface area contributed by atoms with E-state index < -0.39 is 48.2 Å². The van der Waals surface area contributed by atoms with Crippen LogP contribution in [0.25, 0.3) is 0 Å². The molecule has 1 heterocycles. The maximum atomic E-state index is 13.0. The molecule has 1 aliphatic rings. The molecular formula is C21H37N5O6. The lowest BCUT2D eigenvalue weighted by atomic mass is 9.97. The molecule has 11 nitrogen and oxygen atoms in total. The van der Waals surface area contributed by atoms with Crippen molar-refractivity contribution in [3.63, 3.8) is 0 Å². The van der Waals surface area contributed by atoms with Crippen LogP contribution in [0, 0.1) is 11.8 Å². The van der Waals surface area contributed by atoms with E-state index in [2.05, 4.69) is 21.3 Å². The predicted octanol–water partition coefficient (Wildman–Crippen LogP) is -0.755. The summed E-state index contributed by atoms with van der Waals surface area (Å²) in [5, 5.41) is 20.0. The second-order valence-corrected chi connectivity index (χ2v) is 8.78. The van der Waals surface area contributed by atoms with E-state index in [0.717, 1.165) is 13.0 Å². The van der Waals surface area contributed by atoms with Crippen LogP contribution in [0.2, 0.25) is 0 Å². The van der Waals surface area contributed by atoms with Gasteiger partial charge in [-0.05, 0) is 37.6 Å². The molecule has 11 heteroatoms. The monoisotopic (exact) mass is 455 g/mol. The van der Waals surface area contributed by atoms with Crippen molar-refractivity contribution in [3.8, 4) is 0 Å². The number of carboxylic acids is 1. The fourth-order valence-electron chi connectivity index (χ4n) is 3.50. The van der Waals surface area contributed by atoms with Crippen LogP contribution in [-0.4, -0.2) is 65.4 Å². The van der Waals surface area contributed by atoms with Gasteiger partial charge in [-0.3, -0.25) is 19.2 Å². The van der Waals surface area contributed by atoms with Crippen molar-refractivity contribution in [1.29, 1.82) is 0 Å². The van der Waals surface area contributed by atoms with Crippen LogP contribution in [0.4, 0.5) is 0 Å². The van der Waals surface area contributed by atoms with Crippen molar-refractivity contribution in [1.82, 2.24) is 21.3 Å². The summed E-state index contributed by atoms with van der Waals surface area (Å²) in [6.45, 7) is 7.99. The van der Waals surface area contributed by atoms with Gasteiger partial charge in [0.1, 0.15) is 18.1 Å². The highest BCUT2D eigenvalue weighted by Gasteiger charge is 2.34. The van der Waals surface area contributed by atoms with Gasteiger partial charge in [-0.15, -0.1) is 0 Å². The maximum Gasteiger partial charge on any atom is 0.326 e. The summed E-state index contributed by atoms with van der Waals surface area (Å²) in [6, 6.07) is -3.84. The van der Waals surface area contributed by atoms with Gasteiger partial charge in [0.05, 0.1) is 12.5 Å². The van der Waals surface area contributed by atoms with E-state index in [1.807, 2.05) is 20.8 Å². The van der Waals surface area contributed by atoms with Crippen LogP contribution in [0.15, 0.2) is 0 Å². The van der Waals surface area contributed by atoms with E-state index in [4.69, 9.17) is 5.73 Å². The van der Waals surface area contributed by atoms with Crippen molar-refractivity contribution in [2.24, 2.45) is 17.6 Å². The number of carboxylic acid groups (broad SMARTS) is 1. The zero-order valence-corrected chi connectivity index (χ0v) is 19.3. The second-order valence-electron chi connectivity index (χ2n) is 8.78. The number of primary amides is 1. The Hall–Kier alpha value is -2.69. The molecule has 0 aromatic carbocycles. The average Bonchev–Trinajstić information content (AvgIpc) is 3.24. The molecule has 0 bridgehead atoms. The molecule has 1 aliphatic heterocycles. The van der Waals surface area contributed by atoms with Gasteiger partial charge in [0.15, 0.2) is 0 Å². The standard InChI is InChI=1S/C21H37N5O6/c1-5-12(4)17(26-18(28)13-7-6-8-23-13)20(30)24-14(10-16(22)27)19(29)25-15(21(31)32)9-11(2)3/h11-15,17,23H,5-10H2,1-4H3,(H2,22,27)(H,24,30)(H,25,29)(H,26,28)(H,31,32). The first kappa shape index (κ1) is 27.3.